The fraction of sp³-hybridized carbons (Fsp3) is 0.444. The number of amides is 1. The van der Waals surface area contributed by atoms with Gasteiger partial charge in [0.25, 0.3) is 5.91 Å². The minimum absolute atomic E-state index is 0.110. The lowest BCUT2D eigenvalue weighted by Crippen LogP contribution is -2.33. The Bertz CT molecular complexity index is 605. The Morgan fingerprint density at radius 1 is 1.27 bits per heavy atom. The summed E-state index contributed by atoms with van der Waals surface area (Å²) in [6.07, 6.45) is 4.50. The molecule has 0 fully saturated rings. The molecule has 0 aliphatic carbocycles. The zero-order valence-electron chi connectivity index (χ0n) is 13.6. The summed E-state index contributed by atoms with van der Waals surface area (Å²) in [7, 11) is 0. The van der Waals surface area contributed by atoms with Crippen molar-refractivity contribution < 1.29 is 9.32 Å². The van der Waals surface area contributed by atoms with Crippen LogP contribution < -0.4 is 5.32 Å². The molecule has 1 unspecified atom stereocenters. The predicted octanol–water partition coefficient (Wildman–Crippen LogP) is 4.35. The molecule has 0 bridgehead atoms. The van der Waals surface area contributed by atoms with Crippen LogP contribution in [0.15, 0.2) is 34.9 Å². The van der Waals surface area contributed by atoms with Crippen molar-refractivity contribution in [3.8, 4) is 11.3 Å². The normalized spacial score (nSPS) is 12.1. The zero-order valence-corrected chi connectivity index (χ0v) is 13.6. The Labute approximate surface area is 131 Å². The van der Waals surface area contributed by atoms with Crippen LogP contribution in [0.1, 0.15) is 55.6 Å². The lowest BCUT2D eigenvalue weighted by atomic mass is 10.0. The van der Waals surface area contributed by atoms with Gasteiger partial charge in [0.1, 0.15) is 17.0 Å². The summed E-state index contributed by atoms with van der Waals surface area (Å²) in [4.78, 5) is 12.6. The Hall–Kier alpha value is -2.10. The molecule has 1 heterocycles. The van der Waals surface area contributed by atoms with Gasteiger partial charge in [-0.2, -0.15) is 0 Å². The Morgan fingerprint density at radius 3 is 2.68 bits per heavy atom. The van der Waals surface area contributed by atoms with E-state index in [0.717, 1.165) is 18.4 Å². The number of hydrogen-bond acceptors (Lipinski definition) is 3. The van der Waals surface area contributed by atoms with E-state index < -0.39 is 0 Å². The number of nitrogens with zero attached hydrogens (tertiary/aromatic N) is 1. The maximum absolute atomic E-state index is 12.6. The minimum Gasteiger partial charge on any atom is -0.360 e. The van der Waals surface area contributed by atoms with Gasteiger partial charge in [-0.25, -0.2) is 0 Å². The third kappa shape index (κ3) is 3.97. The van der Waals surface area contributed by atoms with Crippen LogP contribution in [0.3, 0.4) is 0 Å². The average molecular weight is 300 g/mol. The van der Waals surface area contributed by atoms with Gasteiger partial charge in [-0.3, -0.25) is 4.79 Å². The molecule has 2 rings (SSSR count). The van der Waals surface area contributed by atoms with Gasteiger partial charge in [-0.1, -0.05) is 61.7 Å². The van der Waals surface area contributed by atoms with E-state index in [2.05, 4.69) is 17.4 Å². The van der Waals surface area contributed by atoms with Gasteiger partial charge in [0.15, 0.2) is 0 Å². The van der Waals surface area contributed by atoms with E-state index >= 15 is 0 Å². The number of aromatic nitrogens is 1. The highest BCUT2D eigenvalue weighted by molar-refractivity contribution is 6.00. The molecule has 1 aromatic carbocycles. The number of carbonyl (C=O) groups is 1. The van der Waals surface area contributed by atoms with Crippen molar-refractivity contribution in [3.05, 3.63) is 41.7 Å². The predicted molar refractivity (Wildman–Crippen MR) is 87.7 cm³/mol. The summed E-state index contributed by atoms with van der Waals surface area (Å²) in [5.41, 5.74) is 2.04. The van der Waals surface area contributed by atoms with E-state index in [1.807, 2.05) is 37.3 Å². The first-order valence-corrected chi connectivity index (χ1v) is 7.96. The van der Waals surface area contributed by atoms with E-state index in [-0.39, 0.29) is 11.9 Å². The van der Waals surface area contributed by atoms with Crippen molar-refractivity contribution in [2.24, 2.45) is 0 Å². The molecule has 0 radical (unpaired) electrons. The van der Waals surface area contributed by atoms with Crippen LogP contribution in [0, 0.1) is 6.92 Å². The smallest absolute Gasteiger partial charge is 0.257 e. The number of carbonyl (C=O) groups excluding carboxylic acids is 1. The number of unbranched alkanes of at least 4 members (excludes halogenated alkanes) is 2. The van der Waals surface area contributed by atoms with Gasteiger partial charge < -0.3 is 9.84 Å². The molecular weight excluding hydrogens is 276 g/mol. The van der Waals surface area contributed by atoms with Crippen molar-refractivity contribution >= 4 is 5.91 Å². The van der Waals surface area contributed by atoms with E-state index in [0.29, 0.717) is 17.0 Å². The van der Waals surface area contributed by atoms with Gasteiger partial charge in [0.05, 0.1) is 0 Å². The van der Waals surface area contributed by atoms with Crippen LogP contribution in [0.5, 0.6) is 0 Å². The van der Waals surface area contributed by atoms with Crippen molar-refractivity contribution in [2.75, 3.05) is 0 Å². The van der Waals surface area contributed by atoms with E-state index in [1.165, 1.54) is 12.8 Å². The molecule has 0 saturated carbocycles. The molecular formula is C18H24N2O2. The molecule has 4 nitrogen and oxygen atoms in total. The van der Waals surface area contributed by atoms with Crippen LogP contribution >= 0.6 is 0 Å². The lowest BCUT2D eigenvalue weighted by molar-refractivity contribution is 0.0937. The van der Waals surface area contributed by atoms with Crippen LogP contribution in [0.25, 0.3) is 11.3 Å². The SMILES string of the molecule is CCCCCC(C)NC(=O)c1c(-c2ccccc2)noc1C. The first-order chi connectivity index (χ1) is 10.6. The fourth-order valence-corrected chi connectivity index (χ4v) is 2.50. The molecule has 1 aromatic heterocycles. The van der Waals surface area contributed by atoms with Gasteiger partial charge in [0, 0.05) is 11.6 Å². The zero-order chi connectivity index (χ0) is 15.9. The highest BCUT2D eigenvalue weighted by atomic mass is 16.5. The van der Waals surface area contributed by atoms with Crippen LogP contribution in [-0.2, 0) is 0 Å². The molecule has 4 heteroatoms. The van der Waals surface area contributed by atoms with Gasteiger partial charge in [-0.05, 0) is 20.3 Å². The maximum atomic E-state index is 12.6. The molecule has 1 N–H and O–H groups in total. The quantitative estimate of drug-likeness (QED) is 0.773. The van der Waals surface area contributed by atoms with Gasteiger partial charge in [0.2, 0.25) is 0 Å². The van der Waals surface area contributed by atoms with Crippen molar-refractivity contribution in [3.63, 3.8) is 0 Å². The molecule has 2 aromatic rings. The number of hydrogen-bond donors (Lipinski definition) is 1. The molecule has 0 saturated heterocycles. The summed E-state index contributed by atoms with van der Waals surface area (Å²) >= 11 is 0. The molecule has 0 aliphatic rings. The third-order valence-corrected chi connectivity index (χ3v) is 3.76. The Morgan fingerprint density at radius 2 is 2.00 bits per heavy atom. The molecule has 0 aliphatic heterocycles. The average Bonchev–Trinajstić information content (AvgIpc) is 2.90. The topological polar surface area (TPSA) is 55.1 Å². The Kier molecular flexibility index (Phi) is 5.75. The second-order valence-electron chi connectivity index (χ2n) is 5.70. The monoisotopic (exact) mass is 300 g/mol. The summed E-state index contributed by atoms with van der Waals surface area (Å²) in [5.74, 6) is 0.443. The van der Waals surface area contributed by atoms with E-state index in [1.54, 1.807) is 6.92 Å². The number of aryl methyl sites for hydroxylation is 1. The van der Waals surface area contributed by atoms with Crippen molar-refractivity contribution in [1.29, 1.82) is 0 Å². The lowest BCUT2D eigenvalue weighted by Gasteiger charge is -2.13. The first kappa shape index (κ1) is 16.3. The standard InChI is InChI=1S/C18H24N2O2/c1-4-5-7-10-13(2)19-18(21)16-14(3)22-20-17(16)15-11-8-6-9-12-15/h6,8-9,11-13H,4-5,7,10H2,1-3H3,(H,19,21). The van der Waals surface area contributed by atoms with Crippen molar-refractivity contribution in [2.45, 2.75) is 52.5 Å². The Balaban J connectivity index is 2.12. The number of nitrogens with one attached hydrogen (secondary N) is 1. The molecule has 1 amide bonds. The number of benzene rings is 1. The molecule has 22 heavy (non-hydrogen) atoms. The molecule has 0 spiro atoms. The fourth-order valence-electron chi connectivity index (χ4n) is 2.50. The van der Waals surface area contributed by atoms with Crippen LogP contribution in [-0.4, -0.2) is 17.1 Å². The highest BCUT2D eigenvalue weighted by Gasteiger charge is 2.22. The summed E-state index contributed by atoms with van der Waals surface area (Å²) in [6.45, 7) is 5.99. The molecule has 118 valence electrons. The third-order valence-electron chi connectivity index (χ3n) is 3.76. The van der Waals surface area contributed by atoms with Gasteiger partial charge >= 0.3 is 0 Å². The van der Waals surface area contributed by atoms with Crippen molar-refractivity contribution in [1.82, 2.24) is 10.5 Å². The van der Waals surface area contributed by atoms with Crippen LogP contribution in [0.4, 0.5) is 0 Å². The second-order valence-corrected chi connectivity index (χ2v) is 5.70. The number of rotatable bonds is 7. The summed E-state index contributed by atoms with van der Waals surface area (Å²) < 4.78 is 5.24. The van der Waals surface area contributed by atoms with E-state index in [4.69, 9.17) is 4.52 Å². The summed E-state index contributed by atoms with van der Waals surface area (Å²) in [5, 5.41) is 7.11. The van der Waals surface area contributed by atoms with Crippen LogP contribution in [0.2, 0.25) is 0 Å². The highest BCUT2D eigenvalue weighted by Crippen LogP contribution is 2.25. The minimum atomic E-state index is -0.110. The maximum Gasteiger partial charge on any atom is 0.257 e. The first-order valence-electron chi connectivity index (χ1n) is 7.96. The largest absolute Gasteiger partial charge is 0.360 e. The van der Waals surface area contributed by atoms with Gasteiger partial charge in [-0.15, -0.1) is 0 Å². The van der Waals surface area contributed by atoms with E-state index in [9.17, 15) is 4.79 Å². The molecule has 1 atom stereocenters. The summed E-state index contributed by atoms with van der Waals surface area (Å²) in [6, 6.07) is 9.80. The second kappa shape index (κ2) is 7.78.